The van der Waals surface area contributed by atoms with Crippen molar-refractivity contribution in [2.24, 2.45) is 0 Å². The molecule has 1 unspecified atom stereocenters. The number of rotatable bonds is 5. The fourth-order valence-electron chi connectivity index (χ4n) is 5.30. The minimum Gasteiger partial charge on any atom is -0.497 e. The number of fused-ring (bicyclic) bond motifs is 1. The zero-order chi connectivity index (χ0) is 22.1. The summed E-state index contributed by atoms with van der Waals surface area (Å²) in [6.07, 6.45) is 4.86. The molecular formula is C25H32N4O3. The van der Waals surface area contributed by atoms with Crippen molar-refractivity contribution >= 4 is 11.7 Å². The molecule has 1 aromatic carbocycles. The van der Waals surface area contributed by atoms with E-state index < -0.39 is 0 Å². The van der Waals surface area contributed by atoms with Crippen LogP contribution in [0.3, 0.4) is 0 Å². The fraction of sp³-hybridized carbons (Fsp3) is 0.560. The van der Waals surface area contributed by atoms with Crippen molar-refractivity contribution in [2.45, 2.75) is 57.5 Å². The SMILES string of the molecule is COc1cccc(CN2C(=O)Cc3c(C)nc(C4CCCN(C5CCOCC5)C4)nc32)c1. The lowest BCUT2D eigenvalue weighted by molar-refractivity contribution is -0.117. The third kappa shape index (κ3) is 4.24. The second-order valence-corrected chi connectivity index (χ2v) is 9.16. The molecule has 0 spiro atoms. The Morgan fingerprint density at radius 2 is 2.03 bits per heavy atom. The zero-order valence-corrected chi connectivity index (χ0v) is 19.0. The summed E-state index contributed by atoms with van der Waals surface area (Å²) in [5, 5.41) is 0. The first-order valence-electron chi connectivity index (χ1n) is 11.7. The second-order valence-electron chi connectivity index (χ2n) is 9.16. The van der Waals surface area contributed by atoms with Gasteiger partial charge in [0.25, 0.3) is 0 Å². The summed E-state index contributed by atoms with van der Waals surface area (Å²) >= 11 is 0. The van der Waals surface area contributed by atoms with E-state index in [1.165, 1.54) is 0 Å². The first-order chi connectivity index (χ1) is 15.6. The van der Waals surface area contributed by atoms with Crippen LogP contribution in [0, 0.1) is 6.92 Å². The quantitative estimate of drug-likeness (QED) is 0.717. The van der Waals surface area contributed by atoms with Crippen molar-refractivity contribution in [3.8, 4) is 5.75 Å². The summed E-state index contributed by atoms with van der Waals surface area (Å²) in [6.45, 7) is 6.38. The van der Waals surface area contributed by atoms with Gasteiger partial charge in [0.05, 0.1) is 20.1 Å². The Morgan fingerprint density at radius 1 is 1.19 bits per heavy atom. The maximum Gasteiger partial charge on any atom is 0.233 e. The third-order valence-electron chi connectivity index (χ3n) is 7.09. The molecule has 0 N–H and O–H groups in total. The van der Waals surface area contributed by atoms with Crippen LogP contribution in [0.15, 0.2) is 24.3 Å². The van der Waals surface area contributed by atoms with Gasteiger partial charge in [0.15, 0.2) is 0 Å². The molecule has 0 aliphatic carbocycles. The molecule has 7 heteroatoms. The van der Waals surface area contributed by atoms with Crippen molar-refractivity contribution in [1.29, 1.82) is 0 Å². The Balaban J connectivity index is 1.39. The fourth-order valence-corrected chi connectivity index (χ4v) is 5.30. The van der Waals surface area contributed by atoms with Gasteiger partial charge in [-0.25, -0.2) is 9.97 Å². The van der Waals surface area contributed by atoms with Gasteiger partial charge in [0, 0.05) is 43.0 Å². The van der Waals surface area contributed by atoms with E-state index in [2.05, 4.69) is 4.90 Å². The lowest BCUT2D eigenvalue weighted by Crippen LogP contribution is -2.44. The largest absolute Gasteiger partial charge is 0.497 e. The van der Waals surface area contributed by atoms with Crippen LogP contribution in [-0.2, 0) is 22.5 Å². The molecule has 1 aromatic heterocycles. The summed E-state index contributed by atoms with van der Waals surface area (Å²) < 4.78 is 10.9. The minimum atomic E-state index is 0.0878. The first-order valence-corrected chi connectivity index (χ1v) is 11.7. The van der Waals surface area contributed by atoms with Gasteiger partial charge in [-0.05, 0) is 56.8 Å². The van der Waals surface area contributed by atoms with E-state index in [-0.39, 0.29) is 5.91 Å². The number of aryl methyl sites for hydroxylation is 1. The van der Waals surface area contributed by atoms with Crippen LogP contribution in [0.25, 0.3) is 0 Å². The summed E-state index contributed by atoms with van der Waals surface area (Å²) in [4.78, 5) is 27.2. The Morgan fingerprint density at radius 3 is 2.84 bits per heavy atom. The van der Waals surface area contributed by atoms with Crippen molar-refractivity contribution < 1.29 is 14.3 Å². The van der Waals surface area contributed by atoms with E-state index >= 15 is 0 Å². The summed E-state index contributed by atoms with van der Waals surface area (Å²) in [5.74, 6) is 2.88. The molecule has 2 aromatic rings. The number of likely N-dealkylation sites (tertiary alicyclic amines) is 1. The van der Waals surface area contributed by atoms with Gasteiger partial charge >= 0.3 is 0 Å². The Hall–Kier alpha value is -2.51. The van der Waals surface area contributed by atoms with E-state index in [0.29, 0.717) is 24.9 Å². The maximum absolute atomic E-state index is 12.9. The van der Waals surface area contributed by atoms with Gasteiger partial charge in [0.2, 0.25) is 5.91 Å². The molecule has 1 amide bonds. The van der Waals surface area contributed by atoms with Crippen molar-refractivity contribution in [3.05, 3.63) is 46.9 Å². The number of hydrogen-bond donors (Lipinski definition) is 0. The first kappa shape index (κ1) is 21.3. The molecule has 32 heavy (non-hydrogen) atoms. The number of anilines is 1. The number of carbonyl (C=O) groups excluding carboxylic acids is 1. The van der Waals surface area contributed by atoms with Gasteiger partial charge in [0.1, 0.15) is 17.4 Å². The number of aromatic nitrogens is 2. The standard InChI is InChI=1S/C25H32N4O3/c1-17-22-14-23(30)29(15-18-5-3-7-21(13-18)31-2)25(22)27-24(26-17)19-6-4-10-28(16-19)20-8-11-32-12-9-20/h3,5,7,13,19-20H,4,6,8-12,14-16H2,1-2H3. The van der Waals surface area contributed by atoms with E-state index in [4.69, 9.17) is 19.4 Å². The van der Waals surface area contributed by atoms with Crippen LogP contribution >= 0.6 is 0 Å². The van der Waals surface area contributed by atoms with Gasteiger partial charge in [-0.3, -0.25) is 14.6 Å². The Kier molecular flexibility index (Phi) is 6.11. The third-order valence-corrected chi connectivity index (χ3v) is 7.09. The van der Waals surface area contributed by atoms with Crippen LogP contribution < -0.4 is 9.64 Å². The minimum absolute atomic E-state index is 0.0878. The highest BCUT2D eigenvalue weighted by Gasteiger charge is 2.34. The number of ether oxygens (including phenoxy) is 2. The molecule has 5 rings (SSSR count). The highest BCUT2D eigenvalue weighted by atomic mass is 16.5. The number of methoxy groups -OCH3 is 1. The van der Waals surface area contributed by atoms with E-state index in [1.54, 1.807) is 7.11 Å². The maximum atomic E-state index is 12.9. The van der Waals surface area contributed by atoms with Crippen LogP contribution in [-0.4, -0.2) is 60.2 Å². The van der Waals surface area contributed by atoms with Crippen LogP contribution in [0.5, 0.6) is 5.75 Å². The average molecular weight is 437 g/mol. The highest BCUT2D eigenvalue weighted by Crippen LogP contribution is 2.34. The van der Waals surface area contributed by atoms with Gasteiger partial charge in [-0.1, -0.05) is 12.1 Å². The van der Waals surface area contributed by atoms with Gasteiger partial charge in [-0.15, -0.1) is 0 Å². The molecular weight excluding hydrogens is 404 g/mol. The lowest BCUT2D eigenvalue weighted by atomic mass is 9.94. The van der Waals surface area contributed by atoms with Crippen LogP contribution in [0.2, 0.25) is 0 Å². The number of piperidine rings is 1. The molecule has 7 nitrogen and oxygen atoms in total. The molecule has 3 aliphatic rings. The van der Waals surface area contributed by atoms with Crippen LogP contribution in [0.4, 0.5) is 5.82 Å². The monoisotopic (exact) mass is 436 g/mol. The molecule has 3 aliphatic heterocycles. The number of nitrogens with zero attached hydrogens (tertiary/aromatic N) is 4. The second kappa shape index (κ2) is 9.16. The summed E-state index contributed by atoms with van der Waals surface area (Å²) in [7, 11) is 1.66. The van der Waals surface area contributed by atoms with Crippen molar-refractivity contribution in [1.82, 2.24) is 14.9 Å². The van der Waals surface area contributed by atoms with Crippen molar-refractivity contribution in [2.75, 3.05) is 38.3 Å². The smallest absolute Gasteiger partial charge is 0.233 e. The number of benzene rings is 1. The number of carbonyl (C=O) groups is 1. The number of amides is 1. The topological polar surface area (TPSA) is 67.8 Å². The summed E-state index contributed by atoms with van der Waals surface area (Å²) in [5.41, 5.74) is 2.94. The van der Waals surface area contributed by atoms with Gasteiger partial charge < -0.3 is 9.47 Å². The zero-order valence-electron chi connectivity index (χ0n) is 19.0. The van der Waals surface area contributed by atoms with Crippen molar-refractivity contribution in [3.63, 3.8) is 0 Å². The molecule has 0 bridgehead atoms. The molecule has 1 atom stereocenters. The molecule has 2 saturated heterocycles. The molecule has 2 fully saturated rings. The summed E-state index contributed by atoms with van der Waals surface area (Å²) in [6, 6.07) is 8.48. The molecule has 170 valence electrons. The van der Waals surface area contributed by atoms with E-state index in [0.717, 1.165) is 86.2 Å². The highest BCUT2D eigenvalue weighted by molar-refractivity contribution is 6.00. The Labute approximate surface area is 189 Å². The molecule has 0 saturated carbocycles. The normalized spacial score (nSPS) is 22.2. The predicted molar refractivity (Wildman–Crippen MR) is 122 cm³/mol. The molecule has 4 heterocycles. The number of hydrogen-bond acceptors (Lipinski definition) is 6. The van der Waals surface area contributed by atoms with E-state index in [1.807, 2.05) is 36.1 Å². The van der Waals surface area contributed by atoms with Crippen LogP contribution in [0.1, 0.15) is 54.2 Å². The van der Waals surface area contributed by atoms with E-state index in [9.17, 15) is 4.79 Å². The van der Waals surface area contributed by atoms with Gasteiger partial charge in [-0.2, -0.15) is 0 Å². The molecule has 0 radical (unpaired) electrons. The Bertz CT molecular complexity index is 989. The average Bonchev–Trinajstić information content (AvgIpc) is 3.15. The lowest BCUT2D eigenvalue weighted by Gasteiger charge is -2.39. The predicted octanol–water partition coefficient (Wildman–Crippen LogP) is 3.24.